The van der Waals surface area contributed by atoms with Crippen LogP contribution in [0, 0.1) is 0 Å². The van der Waals surface area contributed by atoms with E-state index < -0.39 is 0 Å². The number of methoxy groups -OCH3 is 1. The van der Waals surface area contributed by atoms with Gasteiger partial charge < -0.3 is 14.5 Å². The summed E-state index contributed by atoms with van der Waals surface area (Å²) in [7, 11) is 1.60. The highest BCUT2D eigenvalue weighted by Gasteiger charge is 2.10. The van der Waals surface area contributed by atoms with Crippen molar-refractivity contribution in [3.05, 3.63) is 45.8 Å². The first-order valence-corrected chi connectivity index (χ1v) is 6.62. The molecule has 0 aliphatic carbocycles. The molecule has 0 saturated carbocycles. The van der Waals surface area contributed by atoms with Crippen LogP contribution in [0.3, 0.4) is 0 Å². The minimum Gasteiger partial charge on any atom is -0.495 e. The summed E-state index contributed by atoms with van der Waals surface area (Å²) in [4.78, 5) is 0. The lowest BCUT2D eigenvalue weighted by Gasteiger charge is -2.14. The normalized spacial score (nSPS) is 12.2. The molecule has 1 unspecified atom stereocenters. The van der Waals surface area contributed by atoms with E-state index in [1.54, 1.807) is 13.2 Å². The molecule has 0 aliphatic rings. The van der Waals surface area contributed by atoms with E-state index in [1.807, 2.05) is 31.2 Å². The van der Waals surface area contributed by atoms with Gasteiger partial charge in [-0.25, -0.2) is 0 Å². The highest BCUT2D eigenvalue weighted by molar-refractivity contribution is 9.10. The molecule has 3 nitrogen and oxygen atoms in total. The van der Waals surface area contributed by atoms with Crippen LogP contribution in [0.5, 0.6) is 5.75 Å². The third kappa shape index (κ3) is 3.00. The lowest BCUT2D eigenvalue weighted by atomic mass is 10.2. The van der Waals surface area contributed by atoms with Crippen LogP contribution in [0.1, 0.15) is 18.7 Å². The Bertz CT molecular complexity index is 542. The molecule has 0 spiro atoms. The summed E-state index contributed by atoms with van der Waals surface area (Å²) >= 11 is 9.26. The Morgan fingerprint density at radius 2 is 2.11 bits per heavy atom. The number of nitrogens with one attached hydrogen (secondary N) is 1. The van der Waals surface area contributed by atoms with Crippen molar-refractivity contribution in [3.63, 3.8) is 0 Å². The van der Waals surface area contributed by atoms with Gasteiger partial charge >= 0.3 is 0 Å². The van der Waals surface area contributed by atoms with E-state index in [0.717, 1.165) is 16.1 Å². The third-order valence-electron chi connectivity index (χ3n) is 2.56. The smallest absolute Gasteiger partial charge is 0.169 e. The molecule has 0 amide bonds. The van der Waals surface area contributed by atoms with E-state index in [0.29, 0.717) is 10.8 Å². The number of hydrogen-bond acceptors (Lipinski definition) is 3. The molecule has 18 heavy (non-hydrogen) atoms. The van der Waals surface area contributed by atoms with Gasteiger partial charge in [0.2, 0.25) is 0 Å². The lowest BCUT2D eigenvalue weighted by Crippen LogP contribution is -2.05. The van der Waals surface area contributed by atoms with Crippen molar-refractivity contribution in [1.29, 1.82) is 0 Å². The molecule has 96 valence electrons. The Balaban J connectivity index is 2.14. The van der Waals surface area contributed by atoms with Gasteiger partial charge in [0.1, 0.15) is 11.5 Å². The zero-order valence-corrected chi connectivity index (χ0v) is 12.4. The van der Waals surface area contributed by atoms with Gasteiger partial charge in [0.25, 0.3) is 0 Å². The zero-order valence-electron chi connectivity index (χ0n) is 10.0. The Morgan fingerprint density at radius 1 is 1.33 bits per heavy atom. The van der Waals surface area contributed by atoms with Crippen molar-refractivity contribution in [3.8, 4) is 5.75 Å². The van der Waals surface area contributed by atoms with E-state index in [4.69, 9.17) is 20.8 Å². The minimum atomic E-state index is 0.0576. The van der Waals surface area contributed by atoms with Gasteiger partial charge in [-0.2, -0.15) is 0 Å². The Kier molecular flexibility index (Phi) is 4.19. The molecule has 2 aromatic rings. The molecule has 0 saturated heterocycles. The van der Waals surface area contributed by atoms with E-state index in [2.05, 4.69) is 21.2 Å². The maximum absolute atomic E-state index is 5.98. The van der Waals surface area contributed by atoms with Crippen molar-refractivity contribution in [2.75, 3.05) is 12.4 Å². The third-order valence-corrected chi connectivity index (χ3v) is 3.29. The predicted octanol–water partition coefficient (Wildman–Crippen LogP) is 4.88. The van der Waals surface area contributed by atoms with E-state index in [-0.39, 0.29) is 6.04 Å². The topological polar surface area (TPSA) is 34.4 Å². The average molecular weight is 331 g/mol. The molecule has 0 radical (unpaired) electrons. The largest absolute Gasteiger partial charge is 0.495 e. The van der Waals surface area contributed by atoms with Crippen molar-refractivity contribution < 1.29 is 9.15 Å². The second kappa shape index (κ2) is 5.67. The first kappa shape index (κ1) is 13.3. The molecule has 0 fully saturated rings. The summed E-state index contributed by atoms with van der Waals surface area (Å²) in [5.41, 5.74) is 0.927. The number of halogens is 2. The predicted molar refractivity (Wildman–Crippen MR) is 76.4 cm³/mol. The fourth-order valence-corrected chi connectivity index (χ4v) is 2.15. The molecule has 5 heteroatoms. The number of hydrogen-bond donors (Lipinski definition) is 1. The number of anilines is 1. The summed E-state index contributed by atoms with van der Waals surface area (Å²) in [5.74, 6) is 1.50. The number of rotatable bonds is 4. The molecule has 1 heterocycles. The molecule has 1 atom stereocenters. The molecular weight excluding hydrogens is 318 g/mol. The second-order valence-electron chi connectivity index (χ2n) is 3.86. The first-order chi connectivity index (χ1) is 8.60. The van der Waals surface area contributed by atoms with Crippen LogP contribution >= 0.6 is 27.5 Å². The quantitative estimate of drug-likeness (QED) is 0.868. The lowest BCUT2D eigenvalue weighted by molar-refractivity contribution is 0.415. The van der Waals surface area contributed by atoms with E-state index in [1.165, 1.54) is 0 Å². The van der Waals surface area contributed by atoms with Gasteiger partial charge in [-0.1, -0.05) is 11.6 Å². The van der Waals surface area contributed by atoms with Crippen molar-refractivity contribution in [2.24, 2.45) is 0 Å². The molecule has 1 N–H and O–H groups in total. The summed E-state index contributed by atoms with van der Waals surface area (Å²) in [6, 6.07) is 9.41. The van der Waals surface area contributed by atoms with Gasteiger partial charge in [-0.15, -0.1) is 0 Å². The number of furan rings is 1. The maximum Gasteiger partial charge on any atom is 0.169 e. The average Bonchev–Trinajstić information content (AvgIpc) is 2.78. The Labute approximate surface area is 119 Å². The van der Waals surface area contributed by atoms with Crippen LogP contribution in [-0.2, 0) is 0 Å². The van der Waals surface area contributed by atoms with Crippen molar-refractivity contribution in [2.45, 2.75) is 13.0 Å². The van der Waals surface area contributed by atoms with Gasteiger partial charge in [0.15, 0.2) is 4.67 Å². The Morgan fingerprint density at radius 3 is 2.72 bits per heavy atom. The number of benzene rings is 1. The van der Waals surface area contributed by atoms with Gasteiger partial charge in [-0.3, -0.25) is 0 Å². The summed E-state index contributed by atoms with van der Waals surface area (Å²) in [5, 5.41) is 3.91. The highest BCUT2D eigenvalue weighted by Crippen LogP contribution is 2.30. The molecule has 1 aromatic carbocycles. The molecular formula is C13H13BrClNO2. The first-order valence-electron chi connectivity index (χ1n) is 5.45. The fourth-order valence-electron chi connectivity index (χ4n) is 1.63. The SMILES string of the molecule is COc1cc(NC(C)c2ccc(Br)o2)ccc1Cl. The monoisotopic (exact) mass is 329 g/mol. The van der Waals surface area contributed by atoms with E-state index >= 15 is 0 Å². The molecule has 0 bridgehead atoms. The van der Waals surface area contributed by atoms with Gasteiger partial charge in [0.05, 0.1) is 18.2 Å². The number of ether oxygens (including phenoxy) is 1. The van der Waals surface area contributed by atoms with Crippen LogP contribution in [0.15, 0.2) is 39.4 Å². The highest BCUT2D eigenvalue weighted by atomic mass is 79.9. The van der Waals surface area contributed by atoms with Crippen LogP contribution in [0.2, 0.25) is 5.02 Å². The molecule has 1 aromatic heterocycles. The summed E-state index contributed by atoms with van der Waals surface area (Å²) < 4.78 is 11.4. The van der Waals surface area contributed by atoms with Crippen LogP contribution in [-0.4, -0.2) is 7.11 Å². The molecule has 2 rings (SSSR count). The fraction of sp³-hybridized carbons (Fsp3) is 0.231. The van der Waals surface area contributed by atoms with Gasteiger partial charge in [-0.05, 0) is 47.1 Å². The van der Waals surface area contributed by atoms with Gasteiger partial charge in [0, 0.05) is 11.8 Å². The van der Waals surface area contributed by atoms with Crippen LogP contribution < -0.4 is 10.1 Å². The summed E-state index contributed by atoms with van der Waals surface area (Å²) in [6.45, 7) is 2.02. The zero-order chi connectivity index (χ0) is 13.1. The Hall–Kier alpha value is -1.13. The van der Waals surface area contributed by atoms with Crippen molar-refractivity contribution >= 4 is 33.2 Å². The molecule has 0 aliphatic heterocycles. The van der Waals surface area contributed by atoms with Crippen molar-refractivity contribution in [1.82, 2.24) is 0 Å². The van der Waals surface area contributed by atoms with E-state index in [9.17, 15) is 0 Å². The van der Waals surface area contributed by atoms with Crippen LogP contribution in [0.25, 0.3) is 0 Å². The summed E-state index contributed by atoms with van der Waals surface area (Å²) in [6.07, 6.45) is 0. The standard InChI is InChI=1S/C13H13BrClNO2/c1-8(11-5-6-13(14)18-11)16-9-3-4-10(15)12(7-9)17-2/h3-8,16H,1-2H3. The van der Waals surface area contributed by atoms with Crippen LogP contribution in [0.4, 0.5) is 5.69 Å². The maximum atomic E-state index is 5.98. The second-order valence-corrected chi connectivity index (χ2v) is 5.05. The minimum absolute atomic E-state index is 0.0576.